The first-order chi connectivity index (χ1) is 14.6. The van der Waals surface area contributed by atoms with Crippen LogP contribution in [0.4, 0.5) is 9.59 Å². The van der Waals surface area contributed by atoms with Gasteiger partial charge in [-0.05, 0) is 38.8 Å². The van der Waals surface area contributed by atoms with Gasteiger partial charge in [0.15, 0.2) is 5.54 Å². The third-order valence-electron chi connectivity index (χ3n) is 4.90. The van der Waals surface area contributed by atoms with Crippen molar-refractivity contribution in [2.75, 3.05) is 6.54 Å². The molecule has 31 heavy (non-hydrogen) atoms. The highest BCUT2D eigenvalue weighted by atomic mass is 16.6. The minimum Gasteiger partial charge on any atom is -0.458 e. The number of hydrogen-bond acceptors (Lipinski definition) is 5. The first-order valence-corrected chi connectivity index (χ1v) is 10.2. The molecule has 3 rings (SSSR count). The zero-order chi connectivity index (χ0) is 22.6. The van der Waals surface area contributed by atoms with Crippen LogP contribution >= 0.6 is 0 Å². The Balaban J connectivity index is 1.84. The third-order valence-corrected chi connectivity index (χ3v) is 4.90. The van der Waals surface area contributed by atoms with Crippen molar-refractivity contribution >= 4 is 18.1 Å². The van der Waals surface area contributed by atoms with Crippen LogP contribution in [0.1, 0.15) is 38.8 Å². The number of hydrogen-bond donors (Lipinski definition) is 0. The molecule has 1 fully saturated rings. The summed E-state index contributed by atoms with van der Waals surface area (Å²) in [6, 6.07) is 17.9. The zero-order valence-electron chi connectivity index (χ0n) is 18.3. The fourth-order valence-corrected chi connectivity index (χ4v) is 3.40. The summed E-state index contributed by atoms with van der Waals surface area (Å²) in [6.45, 7) is 7.03. The van der Waals surface area contributed by atoms with Gasteiger partial charge in [0.2, 0.25) is 0 Å². The molecule has 7 nitrogen and oxygen atoms in total. The van der Waals surface area contributed by atoms with E-state index in [0.717, 1.165) is 16.0 Å². The van der Waals surface area contributed by atoms with Gasteiger partial charge in [-0.25, -0.2) is 19.3 Å². The smallest absolute Gasteiger partial charge is 0.419 e. The molecule has 0 N–H and O–H groups in total. The second-order valence-electron chi connectivity index (χ2n) is 8.78. The van der Waals surface area contributed by atoms with E-state index in [-0.39, 0.29) is 19.7 Å². The van der Waals surface area contributed by atoms with E-state index in [0.29, 0.717) is 0 Å². The molecule has 2 aromatic rings. The van der Waals surface area contributed by atoms with Gasteiger partial charge in [-0.1, -0.05) is 60.7 Å². The van der Waals surface area contributed by atoms with Crippen molar-refractivity contribution in [2.45, 2.75) is 52.0 Å². The standard InChI is InChI=1S/C24H28N2O5/c1-23(2,3)31-20(27)24(4)17-25(15-18-11-7-5-8-12-18)21(28)26(24)22(29)30-16-19-13-9-6-10-14-19/h5-14H,15-17H2,1-4H3. The van der Waals surface area contributed by atoms with Gasteiger partial charge >= 0.3 is 18.1 Å². The Kier molecular flexibility index (Phi) is 6.34. The summed E-state index contributed by atoms with van der Waals surface area (Å²) in [5.41, 5.74) is -0.604. The van der Waals surface area contributed by atoms with Crippen LogP contribution in [0, 0.1) is 0 Å². The Labute approximate surface area is 182 Å². The lowest BCUT2D eigenvalue weighted by Crippen LogP contribution is -2.55. The van der Waals surface area contributed by atoms with Crippen LogP contribution in [0.5, 0.6) is 0 Å². The summed E-state index contributed by atoms with van der Waals surface area (Å²) in [7, 11) is 0. The summed E-state index contributed by atoms with van der Waals surface area (Å²) >= 11 is 0. The Hall–Kier alpha value is -3.35. The van der Waals surface area contributed by atoms with Gasteiger partial charge in [0.05, 0.1) is 6.54 Å². The Morgan fingerprint density at radius 2 is 1.52 bits per heavy atom. The average molecular weight is 424 g/mol. The van der Waals surface area contributed by atoms with E-state index in [1.807, 2.05) is 60.7 Å². The van der Waals surface area contributed by atoms with E-state index in [1.54, 1.807) is 20.8 Å². The van der Waals surface area contributed by atoms with Gasteiger partial charge in [0.25, 0.3) is 0 Å². The Bertz CT molecular complexity index is 939. The summed E-state index contributed by atoms with van der Waals surface area (Å²) in [4.78, 5) is 41.6. The first-order valence-electron chi connectivity index (χ1n) is 10.2. The van der Waals surface area contributed by atoms with Gasteiger partial charge in [0.1, 0.15) is 12.2 Å². The van der Waals surface area contributed by atoms with Crippen molar-refractivity contribution in [2.24, 2.45) is 0 Å². The van der Waals surface area contributed by atoms with E-state index in [4.69, 9.17) is 9.47 Å². The molecule has 7 heteroatoms. The SMILES string of the molecule is CC(C)(C)OC(=O)C1(C)CN(Cc2ccccc2)C(=O)N1C(=O)OCc1ccccc1. The highest BCUT2D eigenvalue weighted by molar-refractivity contribution is 6.01. The van der Waals surface area contributed by atoms with E-state index in [2.05, 4.69) is 0 Å². The summed E-state index contributed by atoms with van der Waals surface area (Å²) in [5, 5.41) is 0. The van der Waals surface area contributed by atoms with Gasteiger partial charge < -0.3 is 14.4 Å². The van der Waals surface area contributed by atoms with Crippen LogP contribution in [0.15, 0.2) is 60.7 Å². The number of carbonyl (C=O) groups excluding carboxylic acids is 3. The normalized spacial score (nSPS) is 18.8. The van der Waals surface area contributed by atoms with Crippen molar-refractivity contribution in [1.29, 1.82) is 0 Å². The second-order valence-corrected chi connectivity index (χ2v) is 8.78. The van der Waals surface area contributed by atoms with E-state index in [1.165, 1.54) is 11.8 Å². The van der Waals surface area contributed by atoms with E-state index in [9.17, 15) is 14.4 Å². The molecular weight excluding hydrogens is 396 g/mol. The molecule has 0 bridgehead atoms. The van der Waals surface area contributed by atoms with Crippen molar-refractivity contribution in [1.82, 2.24) is 9.80 Å². The molecule has 164 valence electrons. The molecule has 1 atom stereocenters. The molecule has 1 saturated heterocycles. The van der Waals surface area contributed by atoms with Gasteiger partial charge in [-0.3, -0.25) is 0 Å². The van der Waals surface area contributed by atoms with Gasteiger partial charge in [-0.2, -0.15) is 0 Å². The molecule has 1 unspecified atom stereocenters. The number of carbonyl (C=O) groups is 3. The number of benzene rings is 2. The zero-order valence-corrected chi connectivity index (χ0v) is 18.3. The minimum atomic E-state index is -1.51. The fourth-order valence-electron chi connectivity index (χ4n) is 3.40. The number of esters is 1. The Morgan fingerprint density at radius 3 is 2.06 bits per heavy atom. The molecule has 3 amide bonds. The van der Waals surface area contributed by atoms with E-state index < -0.39 is 29.2 Å². The van der Waals surface area contributed by atoms with Crippen molar-refractivity contribution in [3.63, 3.8) is 0 Å². The number of urea groups is 1. The second kappa shape index (κ2) is 8.79. The van der Waals surface area contributed by atoms with Crippen LogP contribution in [-0.4, -0.2) is 45.6 Å². The van der Waals surface area contributed by atoms with Crippen molar-refractivity contribution < 1.29 is 23.9 Å². The molecule has 1 heterocycles. The maximum Gasteiger partial charge on any atom is 0.419 e. The number of nitrogens with zero attached hydrogens (tertiary/aromatic N) is 2. The summed E-state index contributed by atoms with van der Waals surface area (Å²) in [5.74, 6) is -0.652. The lowest BCUT2D eigenvalue weighted by molar-refractivity contribution is -0.165. The van der Waals surface area contributed by atoms with Crippen LogP contribution in [0.3, 0.4) is 0 Å². The van der Waals surface area contributed by atoms with Crippen LogP contribution in [-0.2, 0) is 27.4 Å². The van der Waals surface area contributed by atoms with Crippen LogP contribution < -0.4 is 0 Å². The van der Waals surface area contributed by atoms with Crippen LogP contribution in [0.25, 0.3) is 0 Å². The fraction of sp³-hybridized carbons (Fsp3) is 0.375. The summed E-state index contributed by atoms with van der Waals surface area (Å²) in [6.07, 6.45) is -0.877. The van der Waals surface area contributed by atoms with Crippen LogP contribution in [0.2, 0.25) is 0 Å². The molecule has 1 aliphatic heterocycles. The largest absolute Gasteiger partial charge is 0.458 e. The van der Waals surface area contributed by atoms with Crippen molar-refractivity contribution in [3.8, 4) is 0 Å². The predicted molar refractivity (Wildman–Crippen MR) is 115 cm³/mol. The number of amides is 3. The monoisotopic (exact) mass is 424 g/mol. The maximum absolute atomic E-state index is 13.2. The molecular formula is C24H28N2O5. The van der Waals surface area contributed by atoms with E-state index >= 15 is 0 Å². The lowest BCUT2D eigenvalue weighted by atomic mass is 10.0. The molecule has 2 aromatic carbocycles. The third kappa shape index (κ3) is 5.23. The minimum absolute atomic E-state index is 0.00740. The van der Waals surface area contributed by atoms with Gasteiger partial charge in [0, 0.05) is 6.54 Å². The number of rotatable bonds is 5. The molecule has 1 aliphatic rings. The first kappa shape index (κ1) is 22.3. The molecule has 0 saturated carbocycles. The number of ether oxygens (including phenoxy) is 2. The molecule has 0 spiro atoms. The predicted octanol–water partition coefficient (Wildman–Crippen LogP) is 4.36. The van der Waals surface area contributed by atoms with Gasteiger partial charge in [-0.15, -0.1) is 0 Å². The lowest BCUT2D eigenvalue weighted by Gasteiger charge is -2.32. The van der Waals surface area contributed by atoms with Crippen molar-refractivity contribution in [3.05, 3.63) is 71.8 Å². The number of imide groups is 1. The quantitative estimate of drug-likeness (QED) is 0.667. The topological polar surface area (TPSA) is 76.2 Å². The average Bonchev–Trinajstić information content (AvgIpc) is 2.97. The maximum atomic E-state index is 13.2. The molecule has 0 aromatic heterocycles. The highest BCUT2D eigenvalue weighted by Crippen LogP contribution is 2.31. The molecule has 0 radical (unpaired) electrons. The highest BCUT2D eigenvalue weighted by Gasteiger charge is 2.57. The Morgan fingerprint density at radius 1 is 0.968 bits per heavy atom. The summed E-state index contributed by atoms with van der Waals surface area (Å²) < 4.78 is 10.9. The molecule has 0 aliphatic carbocycles.